The Balaban J connectivity index is 3.31. The molecule has 0 saturated carbocycles. The predicted molar refractivity (Wildman–Crippen MR) is 40.9 cm³/mol. The molecular formula is C8H8ClF. The van der Waals surface area contributed by atoms with Gasteiger partial charge in [0.2, 0.25) is 0 Å². The van der Waals surface area contributed by atoms with Crippen molar-refractivity contribution < 1.29 is 4.39 Å². The zero-order valence-corrected chi connectivity index (χ0v) is 6.67. The summed E-state index contributed by atoms with van der Waals surface area (Å²) in [5.74, 6) is -0.231. The standard InChI is InChI=1S/C8H8ClF/c1-5-3-7(9)4-8(10)6(5)2/h3-4H,1-2H3. The minimum atomic E-state index is -0.231. The molecular weight excluding hydrogens is 151 g/mol. The Hall–Kier alpha value is -0.560. The summed E-state index contributed by atoms with van der Waals surface area (Å²) < 4.78 is 12.8. The van der Waals surface area contributed by atoms with Crippen LogP contribution < -0.4 is 0 Å². The molecule has 0 aliphatic carbocycles. The topological polar surface area (TPSA) is 0 Å². The maximum atomic E-state index is 12.8. The molecule has 0 aromatic heterocycles. The SMILES string of the molecule is Cc1cc(Cl)cc(F)c1C. The van der Waals surface area contributed by atoms with Crippen molar-refractivity contribution in [3.63, 3.8) is 0 Å². The third-order valence-electron chi connectivity index (χ3n) is 1.57. The summed E-state index contributed by atoms with van der Waals surface area (Å²) >= 11 is 5.58. The normalized spacial score (nSPS) is 10.0. The van der Waals surface area contributed by atoms with Crippen LogP contribution in [0.1, 0.15) is 11.1 Å². The van der Waals surface area contributed by atoms with Crippen molar-refractivity contribution in [2.75, 3.05) is 0 Å². The number of hydrogen-bond donors (Lipinski definition) is 0. The van der Waals surface area contributed by atoms with Crippen LogP contribution >= 0.6 is 11.6 Å². The second-order valence-corrected chi connectivity index (χ2v) is 2.77. The Labute approximate surface area is 64.6 Å². The van der Waals surface area contributed by atoms with E-state index in [1.807, 2.05) is 6.92 Å². The lowest BCUT2D eigenvalue weighted by atomic mass is 10.1. The first kappa shape index (κ1) is 7.55. The van der Waals surface area contributed by atoms with Gasteiger partial charge in [0, 0.05) is 5.02 Å². The van der Waals surface area contributed by atoms with Crippen LogP contribution in [0.4, 0.5) is 4.39 Å². The second kappa shape index (κ2) is 2.59. The summed E-state index contributed by atoms with van der Waals surface area (Å²) in [6, 6.07) is 3.07. The lowest BCUT2D eigenvalue weighted by molar-refractivity contribution is 0.617. The molecule has 0 spiro atoms. The maximum Gasteiger partial charge on any atom is 0.127 e. The van der Waals surface area contributed by atoms with Crippen LogP contribution in [0.25, 0.3) is 0 Å². The van der Waals surface area contributed by atoms with Crippen LogP contribution in [-0.4, -0.2) is 0 Å². The van der Waals surface area contributed by atoms with E-state index in [4.69, 9.17) is 11.6 Å². The Morgan fingerprint density at radius 3 is 2.40 bits per heavy atom. The molecule has 0 radical (unpaired) electrons. The quantitative estimate of drug-likeness (QED) is 0.544. The molecule has 0 N–H and O–H groups in total. The summed E-state index contributed by atoms with van der Waals surface area (Å²) in [4.78, 5) is 0. The molecule has 0 fully saturated rings. The number of rotatable bonds is 0. The Morgan fingerprint density at radius 2 is 1.90 bits per heavy atom. The van der Waals surface area contributed by atoms with Gasteiger partial charge in [-0.2, -0.15) is 0 Å². The van der Waals surface area contributed by atoms with Crippen LogP contribution in [-0.2, 0) is 0 Å². The van der Waals surface area contributed by atoms with Crippen LogP contribution in [0, 0.1) is 19.7 Å². The van der Waals surface area contributed by atoms with Crippen molar-refractivity contribution in [2.24, 2.45) is 0 Å². The van der Waals surface area contributed by atoms with Gasteiger partial charge >= 0.3 is 0 Å². The molecule has 0 saturated heterocycles. The molecule has 2 heteroatoms. The van der Waals surface area contributed by atoms with Crippen LogP contribution in [0.5, 0.6) is 0 Å². The van der Waals surface area contributed by atoms with E-state index < -0.39 is 0 Å². The molecule has 0 amide bonds. The predicted octanol–water partition coefficient (Wildman–Crippen LogP) is 3.10. The van der Waals surface area contributed by atoms with Crippen molar-refractivity contribution in [1.82, 2.24) is 0 Å². The maximum absolute atomic E-state index is 12.8. The van der Waals surface area contributed by atoms with E-state index in [1.54, 1.807) is 13.0 Å². The van der Waals surface area contributed by atoms with Gasteiger partial charge in [-0.15, -0.1) is 0 Å². The Kier molecular flexibility index (Phi) is 1.95. The van der Waals surface area contributed by atoms with Crippen molar-refractivity contribution >= 4 is 11.6 Å². The van der Waals surface area contributed by atoms with Crippen molar-refractivity contribution in [1.29, 1.82) is 0 Å². The molecule has 0 heterocycles. The van der Waals surface area contributed by atoms with E-state index in [9.17, 15) is 4.39 Å². The molecule has 0 atom stereocenters. The lowest BCUT2D eigenvalue weighted by Gasteiger charge is -2.00. The van der Waals surface area contributed by atoms with E-state index in [0.717, 1.165) is 5.56 Å². The average molecular weight is 159 g/mol. The van der Waals surface area contributed by atoms with Gasteiger partial charge in [0.25, 0.3) is 0 Å². The van der Waals surface area contributed by atoms with Gasteiger partial charge in [0.1, 0.15) is 5.82 Å². The molecule has 1 aromatic rings. The number of benzene rings is 1. The summed E-state index contributed by atoms with van der Waals surface area (Å²) in [6.45, 7) is 3.57. The third kappa shape index (κ3) is 1.29. The van der Waals surface area contributed by atoms with Gasteiger partial charge in [0.15, 0.2) is 0 Å². The van der Waals surface area contributed by atoms with Crippen LogP contribution in [0.15, 0.2) is 12.1 Å². The first-order valence-corrected chi connectivity index (χ1v) is 3.41. The van der Waals surface area contributed by atoms with Crippen molar-refractivity contribution in [3.05, 3.63) is 34.1 Å². The molecule has 0 aliphatic rings. The highest BCUT2D eigenvalue weighted by atomic mass is 35.5. The summed E-state index contributed by atoms with van der Waals surface area (Å²) in [7, 11) is 0. The summed E-state index contributed by atoms with van der Waals surface area (Å²) in [6.07, 6.45) is 0. The fourth-order valence-electron chi connectivity index (χ4n) is 0.774. The van der Waals surface area contributed by atoms with Gasteiger partial charge in [-0.1, -0.05) is 11.6 Å². The molecule has 0 nitrogen and oxygen atoms in total. The van der Waals surface area contributed by atoms with Gasteiger partial charge in [-0.25, -0.2) is 4.39 Å². The van der Waals surface area contributed by atoms with Gasteiger partial charge < -0.3 is 0 Å². The lowest BCUT2D eigenvalue weighted by Crippen LogP contribution is -1.85. The fourth-order valence-corrected chi connectivity index (χ4v) is 1.03. The number of halogens is 2. The second-order valence-electron chi connectivity index (χ2n) is 2.33. The van der Waals surface area contributed by atoms with Crippen LogP contribution in [0.3, 0.4) is 0 Å². The summed E-state index contributed by atoms with van der Waals surface area (Å²) in [5.41, 5.74) is 1.56. The largest absolute Gasteiger partial charge is 0.207 e. The highest BCUT2D eigenvalue weighted by Gasteiger charge is 2.00. The molecule has 0 aliphatic heterocycles. The van der Waals surface area contributed by atoms with Crippen molar-refractivity contribution in [3.8, 4) is 0 Å². The minimum absolute atomic E-state index is 0.231. The average Bonchev–Trinajstić information content (AvgIpc) is 1.82. The molecule has 10 heavy (non-hydrogen) atoms. The first-order chi connectivity index (χ1) is 4.61. The number of aryl methyl sites for hydroxylation is 1. The van der Waals surface area contributed by atoms with Crippen LogP contribution in [0.2, 0.25) is 5.02 Å². The highest BCUT2D eigenvalue weighted by molar-refractivity contribution is 6.30. The first-order valence-electron chi connectivity index (χ1n) is 3.03. The van der Waals surface area contributed by atoms with E-state index in [2.05, 4.69) is 0 Å². The molecule has 0 bridgehead atoms. The van der Waals surface area contributed by atoms with E-state index in [0.29, 0.717) is 10.6 Å². The zero-order valence-electron chi connectivity index (χ0n) is 5.91. The zero-order chi connectivity index (χ0) is 7.72. The van der Waals surface area contributed by atoms with E-state index >= 15 is 0 Å². The highest BCUT2D eigenvalue weighted by Crippen LogP contribution is 2.17. The molecule has 0 unspecified atom stereocenters. The Bertz CT molecular complexity index is 232. The van der Waals surface area contributed by atoms with Gasteiger partial charge in [0.05, 0.1) is 0 Å². The monoisotopic (exact) mass is 158 g/mol. The van der Waals surface area contributed by atoms with Gasteiger partial charge in [-0.05, 0) is 37.1 Å². The van der Waals surface area contributed by atoms with Gasteiger partial charge in [-0.3, -0.25) is 0 Å². The third-order valence-corrected chi connectivity index (χ3v) is 1.79. The Morgan fingerprint density at radius 1 is 1.30 bits per heavy atom. The summed E-state index contributed by atoms with van der Waals surface area (Å²) in [5, 5.41) is 0.459. The van der Waals surface area contributed by atoms with E-state index in [1.165, 1.54) is 6.07 Å². The minimum Gasteiger partial charge on any atom is -0.207 e. The smallest absolute Gasteiger partial charge is 0.127 e. The fraction of sp³-hybridized carbons (Fsp3) is 0.250. The molecule has 1 aromatic carbocycles. The van der Waals surface area contributed by atoms with Crippen molar-refractivity contribution in [2.45, 2.75) is 13.8 Å². The number of hydrogen-bond acceptors (Lipinski definition) is 0. The molecule has 54 valence electrons. The molecule has 1 rings (SSSR count). The van der Waals surface area contributed by atoms with E-state index in [-0.39, 0.29) is 5.82 Å².